The van der Waals surface area contributed by atoms with Crippen molar-refractivity contribution in [3.8, 4) is 0 Å². The standard InChI is InChI=1S/C15H21F3N2O/c1-5-9(2)10(3)20-14(21)11-7-6-8-12(13(11)19-4)15(16,17)18/h6-10,19H,5H2,1-4H3,(H,20,21). The second-order valence-electron chi connectivity index (χ2n) is 5.12. The van der Waals surface area contributed by atoms with Gasteiger partial charge in [0.1, 0.15) is 0 Å². The van der Waals surface area contributed by atoms with Crippen LogP contribution in [0.15, 0.2) is 18.2 Å². The molecule has 21 heavy (non-hydrogen) atoms. The Bertz CT molecular complexity index is 500. The fraction of sp³-hybridized carbons (Fsp3) is 0.533. The molecule has 0 fully saturated rings. The molecule has 0 aliphatic carbocycles. The Hall–Kier alpha value is -1.72. The van der Waals surface area contributed by atoms with Gasteiger partial charge in [-0.05, 0) is 25.0 Å². The molecule has 1 rings (SSSR count). The fourth-order valence-corrected chi connectivity index (χ4v) is 2.03. The minimum absolute atomic E-state index is 0.00229. The monoisotopic (exact) mass is 302 g/mol. The van der Waals surface area contributed by atoms with Gasteiger partial charge in [0.2, 0.25) is 0 Å². The van der Waals surface area contributed by atoms with Crippen molar-refractivity contribution in [1.29, 1.82) is 0 Å². The number of carbonyl (C=O) groups excluding carboxylic acids is 1. The summed E-state index contributed by atoms with van der Waals surface area (Å²) in [5.41, 5.74) is -1.03. The number of nitrogens with one attached hydrogen (secondary N) is 2. The van der Waals surface area contributed by atoms with Crippen molar-refractivity contribution in [3.63, 3.8) is 0 Å². The Labute approximate surface area is 122 Å². The van der Waals surface area contributed by atoms with Crippen molar-refractivity contribution in [1.82, 2.24) is 5.32 Å². The molecule has 0 bridgehead atoms. The average molecular weight is 302 g/mol. The number of alkyl halides is 3. The lowest BCUT2D eigenvalue weighted by Gasteiger charge is -2.21. The van der Waals surface area contributed by atoms with Crippen molar-refractivity contribution in [2.75, 3.05) is 12.4 Å². The Kier molecular flexibility index (Phi) is 5.63. The lowest BCUT2D eigenvalue weighted by Crippen LogP contribution is -2.37. The summed E-state index contributed by atoms with van der Waals surface area (Å²) >= 11 is 0. The molecular weight excluding hydrogens is 281 g/mol. The highest BCUT2D eigenvalue weighted by molar-refractivity contribution is 6.00. The highest BCUT2D eigenvalue weighted by atomic mass is 19.4. The van der Waals surface area contributed by atoms with E-state index < -0.39 is 17.6 Å². The summed E-state index contributed by atoms with van der Waals surface area (Å²) in [5, 5.41) is 5.24. The minimum atomic E-state index is -4.50. The van der Waals surface area contributed by atoms with E-state index in [-0.39, 0.29) is 23.2 Å². The van der Waals surface area contributed by atoms with Gasteiger partial charge in [0.15, 0.2) is 0 Å². The van der Waals surface area contributed by atoms with Crippen LogP contribution in [0.25, 0.3) is 0 Å². The van der Waals surface area contributed by atoms with Crippen LogP contribution in [0, 0.1) is 5.92 Å². The zero-order chi connectivity index (χ0) is 16.2. The molecule has 6 heteroatoms. The van der Waals surface area contributed by atoms with Crippen LogP contribution in [-0.2, 0) is 6.18 Å². The van der Waals surface area contributed by atoms with Crippen LogP contribution in [0.4, 0.5) is 18.9 Å². The summed E-state index contributed by atoms with van der Waals surface area (Å²) in [5.74, 6) is -0.254. The second kappa shape index (κ2) is 6.83. The lowest BCUT2D eigenvalue weighted by atomic mass is 10.00. The number of carbonyl (C=O) groups is 1. The Morgan fingerprint density at radius 3 is 2.38 bits per heavy atom. The third-order valence-corrected chi connectivity index (χ3v) is 3.72. The highest BCUT2D eigenvalue weighted by Gasteiger charge is 2.35. The molecule has 1 aromatic carbocycles. The average Bonchev–Trinajstić information content (AvgIpc) is 2.44. The van der Waals surface area contributed by atoms with Gasteiger partial charge < -0.3 is 10.6 Å². The predicted molar refractivity (Wildman–Crippen MR) is 77.4 cm³/mol. The number of benzene rings is 1. The first-order valence-electron chi connectivity index (χ1n) is 6.91. The predicted octanol–water partition coefficient (Wildman–Crippen LogP) is 3.91. The van der Waals surface area contributed by atoms with E-state index in [0.29, 0.717) is 0 Å². The van der Waals surface area contributed by atoms with Crippen molar-refractivity contribution in [3.05, 3.63) is 29.3 Å². The molecule has 2 atom stereocenters. The SMILES string of the molecule is CCC(C)C(C)NC(=O)c1cccc(C(F)(F)F)c1NC. The smallest absolute Gasteiger partial charge is 0.387 e. The summed E-state index contributed by atoms with van der Waals surface area (Å²) in [6.45, 7) is 5.82. The number of hydrogen-bond donors (Lipinski definition) is 2. The van der Waals surface area contributed by atoms with Gasteiger partial charge in [-0.25, -0.2) is 0 Å². The van der Waals surface area contributed by atoms with E-state index in [9.17, 15) is 18.0 Å². The molecule has 0 saturated heterocycles. The van der Waals surface area contributed by atoms with E-state index in [1.54, 1.807) is 0 Å². The van der Waals surface area contributed by atoms with Crippen LogP contribution in [0.5, 0.6) is 0 Å². The number of anilines is 1. The van der Waals surface area contributed by atoms with Gasteiger partial charge in [-0.1, -0.05) is 26.3 Å². The normalized spacial score (nSPS) is 14.4. The van der Waals surface area contributed by atoms with Gasteiger partial charge in [0, 0.05) is 13.1 Å². The summed E-state index contributed by atoms with van der Waals surface area (Å²) in [7, 11) is 1.37. The van der Waals surface area contributed by atoms with Gasteiger partial charge in [-0.3, -0.25) is 4.79 Å². The zero-order valence-electron chi connectivity index (χ0n) is 12.6. The summed E-state index contributed by atoms with van der Waals surface area (Å²) in [4.78, 5) is 12.2. The number of para-hydroxylation sites is 1. The van der Waals surface area contributed by atoms with E-state index >= 15 is 0 Å². The summed E-state index contributed by atoms with van der Waals surface area (Å²) in [6.07, 6.45) is -3.63. The zero-order valence-corrected chi connectivity index (χ0v) is 12.6. The third kappa shape index (κ3) is 4.12. The molecule has 2 N–H and O–H groups in total. The molecule has 0 aromatic heterocycles. The van der Waals surface area contributed by atoms with Crippen LogP contribution >= 0.6 is 0 Å². The van der Waals surface area contributed by atoms with E-state index in [2.05, 4.69) is 10.6 Å². The van der Waals surface area contributed by atoms with E-state index in [0.717, 1.165) is 12.5 Å². The number of amides is 1. The Morgan fingerprint density at radius 2 is 1.90 bits per heavy atom. The topological polar surface area (TPSA) is 41.1 Å². The number of halogens is 3. The van der Waals surface area contributed by atoms with Gasteiger partial charge in [-0.15, -0.1) is 0 Å². The molecule has 3 nitrogen and oxygen atoms in total. The van der Waals surface area contributed by atoms with E-state index in [1.807, 2.05) is 20.8 Å². The van der Waals surface area contributed by atoms with Gasteiger partial charge in [-0.2, -0.15) is 13.2 Å². The molecule has 0 aliphatic rings. The number of hydrogen-bond acceptors (Lipinski definition) is 2. The molecule has 1 amide bonds. The van der Waals surface area contributed by atoms with E-state index in [4.69, 9.17) is 0 Å². The quantitative estimate of drug-likeness (QED) is 0.866. The van der Waals surface area contributed by atoms with Crippen molar-refractivity contribution < 1.29 is 18.0 Å². The van der Waals surface area contributed by atoms with E-state index in [1.165, 1.54) is 19.2 Å². The molecule has 0 radical (unpaired) electrons. The highest BCUT2D eigenvalue weighted by Crippen LogP contribution is 2.36. The molecule has 0 aliphatic heterocycles. The number of rotatable bonds is 5. The molecule has 0 heterocycles. The largest absolute Gasteiger partial charge is 0.418 e. The molecule has 0 spiro atoms. The third-order valence-electron chi connectivity index (χ3n) is 3.72. The molecule has 118 valence electrons. The van der Waals surface area contributed by atoms with Crippen LogP contribution in [0.1, 0.15) is 43.1 Å². The minimum Gasteiger partial charge on any atom is -0.387 e. The molecular formula is C15H21F3N2O. The molecule has 0 saturated carbocycles. The first-order chi connectivity index (χ1) is 9.72. The first-order valence-corrected chi connectivity index (χ1v) is 6.91. The van der Waals surface area contributed by atoms with Crippen molar-refractivity contribution >= 4 is 11.6 Å². The first kappa shape index (κ1) is 17.3. The van der Waals surface area contributed by atoms with Gasteiger partial charge in [0.05, 0.1) is 16.8 Å². The van der Waals surface area contributed by atoms with Gasteiger partial charge >= 0.3 is 6.18 Å². The Morgan fingerprint density at radius 1 is 1.29 bits per heavy atom. The fourth-order valence-electron chi connectivity index (χ4n) is 2.03. The lowest BCUT2D eigenvalue weighted by molar-refractivity contribution is -0.136. The maximum absolute atomic E-state index is 13.0. The molecule has 2 unspecified atom stereocenters. The van der Waals surface area contributed by atoms with Gasteiger partial charge in [0.25, 0.3) is 5.91 Å². The Balaban J connectivity index is 3.11. The second-order valence-corrected chi connectivity index (χ2v) is 5.12. The summed E-state index contributed by atoms with van der Waals surface area (Å²) in [6, 6.07) is 3.48. The van der Waals surface area contributed by atoms with Crippen LogP contribution in [0.2, 0.25) is 0 Å². The van der Waals surface area contributed by atoms with Crippen molar-refractivity contribution in [2.45, 2.75) is 39.4 Å². The summed E-state index contributed by atoms with van der Waals surface area (Å²) < 4.78 is 38.9. The molecule has 1 aromatic rings. The van der Waals surface area contributed by atoms with Crippen LogP contribution in [-0.4, -0.2) is 19.0 Å². The van der Waals surface area contributed by atoms with Crippen LogP contribution < -0.4 is 10.6 Å². The maximum Gasteiger partial charge on any atom is 0.418 e. The van der Waals surface area contributed by atoms with Crippen molar-refractivity contribution in [2.24, 2.45) is 5.92 Å². The maximum atomic E-state index is 13.0. The van der Waals surface area contributed by atoms with Crippen LogP contribution in [0.3, 0.4) is 0 Å².